The highest BCUT2D eigenvalue weighted by atomic mass is 79.9. The number of carbonyl (C=O) groups is 1. The summed E-state index contributed by atoms with van der Waals surface area (Å²) in [5.41, 5.74) is 0. The Hall–Kier alpha value is -0.650. The molecule has 0 bridgehead atoms. The van der Waals surface area contributed by atoms with E-state index in [1.807, 2.05) is 18.2 Å². The Kier molecular flexibility index (Phi) is 4.59. The van der Waals surface area contributed by atoms with Crippen molar-refractivity contribution in [2.75, 3.05) is 13.1 Å². The van der Waals surface area contributed by atoms with Crippen LogP contribution in [0.15, 0.2) is 22.0 Å². The predicted octanol–water partition coefficient (Wildman–Crippen LogP) is 2.75. The minimum Gasteiger partial charge on any atom is -0.393 e. The monoisotopic (exact) mass is 329 g/mol. The molecule has 2 atom stereocenters. The highest BCUT2D eigenvalue weighted by molar-refractivity contribution is 9.11. The standard InChI is InChI=1S/C13H16BrNO2S/c1-9(16)10-6-7-15(8-10)13(17)5-3-11-2-4-12(14)18-11/h2-5,9-10,16H,6-8H2,1H3/b5-3+. The van der Waals surface area contributed by atoms with Crippen molar-refractivity contribution in [2.45, 2.75) is 19.4 Å². The van der Waals surface area contributed by atoms with Gasteiger partial charge in [0.15, 0.2) is 0 Å². The topological polar surface area (TPSA) is 40.5 Å². The summed E-state index contributed by atoms with van der Waals surface area (Å²) >= 11 is 4.99. The van der Waals surface area contributed by atoms with Crippen LogP contribution in [0.2, 0.25) is 0 Å². The van der Waals surface area contributed by atoms with Crippen LogP contribution >= 0.6 is 27.3 Å². The number of likely N-dealkylation sites (tertiary alicyclic amines) is 1. The highest BCUT2D eigenvalue weighted by Crippen LogP contribution is 2.24. The Morgan fingerprint density at radius 1 is 1.67 bits per heavy atom. The first-order chi connectivity index (χ1) is 8.56. The molecule has 2 heterocycles. The van der Waals surface area contributed by atoms with Crippen LogP contribution in [0.4, 0.5) is 0 Å². The van der Waals surface area contributed by atoms with E-state index in [0.29, 0.717) is 6.54 Å². The van der Waals surface area contributed by atoms with E-state index < -0.39 is 0 Å². The maximum Gasteiger partial charge on any atom is 0.246 e. The van der Waals surface area contributed by atoms with E-state index in [4.69, 9.17) is 0 Å². The van der Waals surface area contributed by atoms with E-state index in [0.717, 1.165) is 21.6 Å². The van der Waals surface area contributed by atoms with Crippen LogP contribution < -0.4 is 0 Å². The van der Waals surface area contributed by atoms with E-state index in [1.165, 1.54) is 0 Å². The molecule has 1 saturated heterocycles. The van der Waals surface area contributed by atoms with Gasteiger partial charge in [0.2, 0.25) is 5.91 Å². The summed E-state index contributed by atoms with van der Waals surface area (Å²) in [6.07, 6.45) is 4.01. The molecule has 98 valence electrons. The van der Waals surface area contributed by atoms with Gasteiger partial charge in [-0.1, -0.05) is 0 Å². The second-order valence-corrected chi connectivity index (χ2v) is 7.04. The van der Waals surface area contributed by atoms with Gasteiger partial charge in [-0.15, -0.1) is 11.3 Å². The van der Waals surface area contributed by atoms with Gasteiger partial charge < -0.3 is 10.0 Å². The molecule has 0 saturated carbocycles. The Morgan fingerprint density at radius 3 is 3.00 bits per heavy atom. The van der Waals surface area contributed by atoms with E-state index >= 15 is 0 Å². The number of hydrogen-bond acceptors (Lipinski definition) is 3. The molecule has 1 aromatic rings. The van der Waals surface area contributed by atoms with Crippen LogP contribution in [-0.4, -0.2) is 35.1 Å². The van der Waals surface area contributed by atoms with Crippen LogP contribution in [0.25, 0.3) is 6.08 Å². The molecule has 1 amide bonds. The zero-order valence-electron chi connectivity index (χ0n) is 10.2. The van der Waals surface area contributed by atoms with Crippen LogP contribution in [0.5, 0.6) is 0 Å². The van der Waals surface area contributed by atoms with Gasteiger partial charge in [0.25, 0.3) is 0 Å². The van der Waals surface area contributed by atoms with Gasteiger partial charge in [-0.25, -0.2) is 0 Å². The lowest BCUT2D eigenvalue weighted by Crippen LogP contribution is -2.28. The molecule has 3 nitrogen and oxygen atoms in total. The Balaban J connectivity index is 1.91. The first-order valence-electron chi connectivity index (χ1n) is 5.96. The van der Waals surface area contributed by atoms with E-state index in [-0.39, 0.29) is 17.9 Å². The third kappa shape index (κ3) is 3.43. The molecule has 1 aromatic heterocycles. The molecule has 2 rings (SSSR count). The molecular weight excluding hydrogens is 314 g/mol. The summed E-state index contributed by atoms with van der Waals surface area (Å²) in [6.45, 7) is 3.19. The Morgan fingerprint density at radius 2 is 2.44 bits per heavy atom. The number of halogens is 1. The van der Waals surface area contributed by atoms with Crippen molar-refractivity contribution in [2.24, 2.45) is 5.92 Å². The van der Waals surface area contributed by atoms with Gasteiger partial charge in [0.1, 0.15) is 0 Å². The van der Waals surface area contributed by atoms with Crippen molar-refractivity contribution >= 4 is 39.2 Å². The van der Waals surface area contributed by atoms with Crippen LogP contribution in [-0.2, 0) is 4.79 Å². The number of hydrogen-bond donors (Lipinski definition) is 1. The average Bonchev–Trinajstić information content (AvgIpc) is 2.94. The second kappa shape index (κ2) is 5.99. The summed E-state index contributed by atoms with van der Waals surface area (Å²) in [4.78, 5) is 14.8. The van der Waals surface area contributed by atoms with Gasteiger partial charge in [-0.2, -0.15) is 0 Å². The van der Waals surface area contributed by atoms with E-state index in [9.17, 15) is 9.90 Å². The lowest BCUT2D eigenvalue weighted by molar-refractivity contribution is -0.125. The average molecular weight is 330 g/mol. The SMILES string of the molecule is CC(O)C1CCN(C(=O)/C=C/c2ccc(Br)s2)C1. The number of rotatable bonds is 3. The van der Waals surface area contributed by atoms with Crippen molar-refractivity contribution in [1.82, 2.24) is 4.90 Å². The first kappa shape index (κ1) is 13.8. The number of nitrogens with zero attached hydrogens (tertiary/aromatic N) is 1. The fraction of sp³-hybridized carbons (Fsp3) is 0.462. The van der Waals surface area contributed by atoms with Crippen LogP contribution in [0.3, 0.4) is 0 Å². The molecule has 0 aromatic carbocycles. The molecule has 0 spiro atoms. The summed E-state index contributed by atoms with van der Waals surface area (Å²) in [5.74, 6) is 0.251. The third-order valence-electron chi connectivity index (χ3n) is 3.20. The maximum absolute atomic E-state index is 11.9. The number of aliphatic hydroxyl groups is 1. The van der Waals surface area contributed by atoms with Crippen molar-refractivity contribution < 1.29 is 9.90 Å². The minimum atomic E-state index is -0.333. The fourth-order valence-corrected chi connectivity index (χ4v) is 3.38. The molecule has 1 aliphatic rings. The lowest BCUT2D eigenvalue weighted by Gasteiger charge is -2.15. The van der Waals surface area contributed by atoms with Crippen molar-refractivity contribution in [3.63, 3.8) is 0 Å². The van der Waals surface area contributed by atoms with Crippen LogP contribution in [0.1, 0.15) is 18.2 Å². The van der Waals surface area contributed by atoms with Gasteiger partial charge in [-0.3, -0.25) is 4.79 Å². The Labute approximate surface area is 119 Å². The fourth-order valence-electron chi connectivity index (χ4n) is 2.06. The minimum absolute atomic E-state index is 0.0303. The summed E-state index contributed by atoms with van der Waals surface area (Å²) < 4.78 is 1.06. The predicted molar refractivity (Wildman–Crippen MR) is 77.4 cm³/mol. The molecule has 5 heteroatoms. The summed E-state index contributed by atoms with van der Waals surface area (Å²) in [7, 11) is 0. The smallest absolute Gasteiger partial charge is 0.246 e. The molecule has 18 heavy (non-hydrogen) atoms. The maximum atomic E-state index is 11.9. The van der Waals surface area contributed by atoms with E-state index in [2.05, 4.69) is 15.9 Å². The van der Waals surface area contributed by atoms with Gasteiger partial charge in [-0.05, 0) is 47.5 Å². The molecule has 0 radical (unpaired) electrons. The zero-order valence-corrected chi connectivity index (χ0v) is 12.6. The van der Waals surface area contributed by atoms with Gasteiger partial charge in [0, 0.05) is 30.0 Å². The second-order valence-electron chi connectivity index (χ2n) is 4.55. The third-order valence-corrected chi connectivity index (χ3v) is 4.79. The van der Waals surface area contributed by atoms with Gasteiger partial charge >= 0.3 is 0 Å². The number of thiophene rings is 1. The summed E-state index contributed by atoms with van der Waals surface area (Å²) in [5, 5.41) is 9.50. The Bertz CT molecular complexity index is 456. The normalized spacial score (nSPS) is 21.7. The number of carbonyl (C=O) groups excluding carboxylic acids is 1. The lowest BCUT2D eigenvalue weighted by atomic mass is 10.0. The van der Waals surface area contributed by atoms with Gasteiger partial charge in [0.05, 0.1) is 9.89 Å². The van der Waals surface area contributed by atoms with Crippen LogP contribution in [0, 0.1) is 5.92 Å². The largest absolute Gasteiger partial charge is 0.393 e. The molecule has 1 N–H and O–H groups in total. The molecular formula is C13H16BrNO2S. The molecule has 2 unspecified atom stereocenters. The zero-order chi connectivity index (χ0) is 13.1. The first-order valence-corrected chi connectivity index (χ1v) is 7.57. The molecule has 1 fully saturated rings. The van der Waals surface area contributed by atoms with Crippen molar-refractivity contribution in [3.8, 4) is 0 Å². The number of amides is 1. The van der Waals surface area contributed by atoms with Crippen molar-refractivity contribution in [3.05, 3.63) is 26.9 Å². The highest BCUT2D eigenvalue weighted by Gasteiger charge is 2.27. The quantitative estimate of drug-likeness (QED) is 0.866. The number of aliphatic hydroxyl groups excluding tert-OH is 1. The molecule has 0 aliphatic carbocycles. The van der Waals surface area contributed by atoms with E-state index in [1.54, 1.807) is 29.2 Å². The molecule has 1 aliphatic heterocycles. The summed E-state index contributed by atoms with van der Waals surface area (Å²) in [6, 6.07) is 3.94. The van der Waals surface area contributed by atoms with Crippen molar-refractivity contribution in [1.29, 1.82) is 0 Å².